The van der Waals surface area contributed by atoms with E-state index in [0.717, 1.165) is 18.4 Å². The lowest BCUT2D eigenvalue weighted by atomic mass is 10.0. The molecular formula is C21H15Cl2F3N2O5S. The van der Waals surface area contributed by atoms with Crippen molar-refractivity contribution in [2.24, 2.45) is 0 Å². The van der Waals surface area contributed by atoms with Gasteiger partial charge in [-0.15, -0.1) is 0 Å². The van der Waals surface area contributed by atoms with Crippen LogP contribution in [0.4, 0.5) is 13.2 Å². The largest absolute Gasteiger partial charge is 0.496 e. The molecule has 0 bridgehead atoms. The Morgan fingerprint density at radius 3 is 2.35 bits per heavy atom. The van der Waals surface area contributed by atoms with Crippen molar-refractivity contribution in [1.82, 2.24) is 9.71 Å². The highest BCUT2D eigenvalue weighted by Crippen LogP contribution is 2.39. The Hall–Kier alpha value is -3.02. The van der Waals surface area contributed by atoms with Crippen molar-refractivity contribution in [2.45, 2.75) is 6.18 Å². The number of carbonyl (C=O) groups excluding carboxylic acids is 1. The first-order valence-corrected chi connectivity index (χ1v) is 11.8. The number of benzene rings is 2. The van der Waals surface area contributed by atoms with E-state index in [0.29, 0.717) is 11.1 Å². The van der Waals surface area contributed by atoms with Gasteiger partial charge in [0.1, 0.15) is 16.5 Å². The van der Waals surface area contributed by atoms with Gasteiger partial charge in [-0.1, -0.05) is 23.2 Å². The Balaban J connectivity index is 1.90. The number of rotatable bonds is 6. The number of alkyl halides is 3. The molecule has 1 heterocycles. The standard InChI is InChI=1S/C21H15Cl2F3N2O5S/c1-32-18-8-11(19(29)28-34(2,30)31)3-5-14(18)12-7-17(23)20(27-10-12)33-13-4-6-16(22)15(9-13)21(24,25)26/h3-10H,1-2H3,(H,28,29). The van der Waals surface area contributed by atoms with Gasteiger partial charge in [0, 0.05) is 22.9 Å². The van der Waals surface area contributed by atoms with Gasteiger partial charge in [-0.05, 0) is 42.5 Å². The minimum atomic E-state index is -4.67. The maximum absolute atomic E-state index is 13.1. The van der Waals surface area contributed by atoms with Crippen molar-refractivity contribution in [2.75, 3.05) is 13.4 Å². The van der Waals surface area contributed by atoms with Crippen LogP contribution in [0.2, 0.25) is 10.0 Å². The normalized spacial score (nSPS) is 11.7. The molecule has 34 heavy (non-hydrogen) atoms. The minimum absolute atomic E-state index is 0.0121. The molecule has 180 valence electrons. The molecule has 3 aromatic rings. The van der Waals surface area contributed by atoms with E-state index in [1.165, 1.54) is 43.6 Å². The zero-order valence-corrected chi connectivity index (χ0v) is 19.7. The van der Waals surface area contributed by atoms with Gasteiger partial charge in [-0.2, -0.15) is 13.2 Å². The van der Waals surface area contributed by atoms with Gasteiger partial charge >= 0.3 is 6.18 Å². The van der Waals surface area contributed by atoms with Crippen LogP contribution >= 0.6 is 23.2 Å². The molecule has 7 nitrogen and oxygen atoms in total. The lowest BCUT2D eigenvalue weighted by molar-refractivity contribution is -0.137. The molecule has 0 saturated carbocycles. The van der Waals surface area contributed by atoms with Crippen LogP contribution < -0.4 is 14.2 Å². The van der Waals surface area contributed by atoms with E-state index in [9.17, 15) is 26.4 Å². The van der Waals surface area contributed by atoms with Crippen molar-refractivity contribution in [3.63, 3.8) is 0 Å². The maximum Gasteiger partial charge on any atom is 0.417 e. The van der Waals surface area contributed by atoms with E-state index in [1.54, 1.807) is 0 Å². The molecule has 3 rings (SSSR count). The average Bonchev–Trinajstić information content (AvgIpc) is 2.74. The number of nitrogens with zero attached hydrogens (tertiary/aromatic N) is 1. The molecule has 1 N–H and O–H groups in total. The van der Waals surface area contributed by atoms with E-state index < -0.39 is 32.7 Å². The fourth-order valence-corrected chi connectivity index (χ4v) is 3.73. The Morgan fingerprint density at radius 1 is 1.06 bits per heavy atom. The molecule has 0 saturated heterocycles. The molecule has 0 aliphatic carbocycles. The molecule has 1 amide bonds. The molecule has 0 spiro atoms. The van der Waals surface area contributed by atoms with Gasteiger partial charge in [0.25, 0.3) is 5.91 Å². The summed E-state index contributed by atoms with van der Waals surface area (Å²) in [7, 11) is -2.40. The number of halogens is 5. The molecule has 1 aromatic heterocycles. The molecule has 13 heteroatoms. The Kier molecular flexibility index (Phi) is 7.29. The highest BCUT2D eigenvalue weighted by molar-refractivity contribution is 7.89. The number of ether oxygens (including phenoxy) is 2. The number of sulfonamides is 1. The van der Waals surface area contributed by atoms with Gasteiger partial charge < -0.3 is 9.47 Å². The van der Waals surface area contributed by atoms with E-state index in [-0.39, 0.29) is 28.0 Å². The van der Waals surface area contributed by atoms with Crippen LogP contribution in [0.25, 0.3) is 11.1 Å². The second kappa shape index (κ2) is 9.69. The zero-order valence-electron chi connectivity index (χ0n) is 17.4. The van der Waals surface area contributed by atoms with Gasteiger partial charge in [-0.3, -0.25) is 4.79 Å². The van der Waals surface area contributed by atoms with Gasteiger partial charge in [0.15, 0.2) is 0 Å². The minimum Gasteiger partial charge on any atom is -0.496 e. The van der Waals surface area contributed by atoms with E-state index >= 15 is 0 Å². The third kappa shape index (κ3) is 6.10. The van der Waals surface area contributed by atoms with Crippen LogP contribution in [0.5, 0.6) is 17.4 Å². The average molecular weight is 535 g/mol. The van der Waals surface area contributed by atoms with Crippen LogP contribution in [0, 0.1) is 0 Å². The zero-order chi connectivity index (χ0) is 25.3. The number of amides is 1. The Labute approximate surface area is 202 Å². The summed E-state index contributed by atoms with van der Waals surface area (Å²) in [5.74, 6) is -0.935. The lowest BCUT2D eigenvalue weighted by Crippen LogP contribution is -2.29. The smallest absolute Gasteiger partial charge is 0.417 e. The summed E-state index contributed by atoms with van der Waals surface area (Å²) in [6.07, 6.45) is -2.48. The first-order chi connectivity index (χ1) is 15.8. The summed E-state index contributed by atoms with van der Waals surface area (Å²) in [6.45, 7) is 0. The van der Waals surface area contributed by atoms with Crippen LogP contribution in [0.1, 0.15) is 15.9 Å². The highest BCUT2D eigenvalue weighted by atomic mass is 35.5. The summed E-state index contributed by atoms with van der Waals surface area (Å²) in [5.41, 5.74) is -0.126. The number of hydrogen-bond acceptors (Lipinski definition) is 6. The molecule has 0 aliphatic heterocycles. The van der Waals surface area contributed by atoms with Gasteiger partial charge in [-0.25, -0.2) is 18.1 Å². The molecule has 0 unspecified atom stereocenters. The number of carbonyl (C=O) groups is 1. The molecular weight excluding hydrogens is 520 g/mol. The van der Waals surface area contributed by atoms with Crippen molar-refractivity contribution in [3.05, 3.63) is 69.8 Å². The van der Waals surface area contributed by atoms with Crippen molar-refractivity contribution in [1.29, 1.82) is 0 Å². The first-order valence-electron chi connectivity index (χ1n) is 9.19. The Morgan fingerprint density at radius 2 is 1.76 bits per heavy atom. The molecule has 0 atom stereocenters. The quantitative estimate of drug-likeness (QED) is 0.444. The fourth-order valence-electron chi connectivity index (χ4n) is 2.84. The summed E-state index contributed by atoms with van der Waals surface area (Å²) in [6, 6.07) is 8.68. The third-order valence-corrected chi connectivity index (χ3v) is 5.47. The SMILES string of the molecule is COc1cc(C(=O)NS(C)(=O)=O)ccc1-c1cnc(Oc2ccc(Cl)c(C(F)(F)F)c2)c(Cl)c1. The molecule has 0 radical (unpaired) electrons. The molecule has 2 aromatic carbocycles. The second-order valence-corrected chi connectivity index (χ2v) is 9.43. The van der Waals surface area contributed by atoms with Gasteiger partial charge in [0.2, 0.25) is 15.9 Å². The van der Waals surface area contributed by atoms with Crippen LogP contribution in [-0.4, -0.2) is 32.7 Å². The highest BCUT2D eigenvalue weighted by Gasteiger charge is 2.33. The summed E-state index contributed by atoms with van der Waals surface area (Å²) < 4.78 is 74.3. The van der Waals surface area contributed by atoms with Crippen molar-refractivity contribution >= 4 is 39.1 Å². The fraction of sp³-hybridized carbons (Fsp3) is 0.143. The van der Waals surface area contributed by atoms with Crippen LogP contribution in [-0.2, 0) is 16.2 Å². The predicted octanol–water partition coefficient (Wildman–Crippen LogP) is 5.56. The predicted molar refractivity (Wildman–Crippen MR) is 120 cm³/mol. The number of hydrogen-bond donors (Lipinski definition) is 1. The van der Waals surface area contributed by atoms with Gasteiger partial charge in [0.05, 0.1) is 24.0 Å². The Bertz CT molecular complexity index is 1370. The maximum atomic E-state index is 13.1. The topological polar surface area (TPSA) is 94.6 Å². The third-order valence-electron chi connectivity index (χ3n) is 4.32. The molecule has 0 aliphatic rings. The number of methoxy groups -OCH3 is 1. The lowest BCUT2D eigenvalue weighted by Gasteiger charge is -2.13. The van der Waals surface area contributed by atoms with Crippen LogP contribution in [0.15, 0.2) is 48.7 Å². The second-order valence-electron chi connectivity index (χ2n) is 6.87. The van der Waals surface area contributed by atoms with Crippen LogP contribution in [0.3, 0.4) is 0 Å². The summed E-state index contributed by atoms with van der Waals surface area (Å²) >= 11 is 11.8. The summed E-state index contributed by atoms with van der Waals surface area (Å²) in [4.78, 5) is 16.1. The number of aromatic nitrogens is 1. The first kappa shape index (κ1) is 25.6. The van der Waals surface area contributed by atoms with Crippen molar-refractivity contribution in [3.8, 4) is 28.5 Å². The van der Waals surface area contributed by atoms with E-state index in [2.05, 4.69) is 4.98 Å². The van der Waals surface area contributed by atoms with E-state index in [4.69, 9.17) is 32.7 Å². The summed E-state index contributed by atoms with van der Waals surface area (Å²) in [5, 5.41) is -0.489. The monoisotopic (exact) mass is 534 g/mol. The molecule has 0 fully saturated rings. The van der Waals surface area contributed by atoms with Crippen molar-refractivity contribution < 1.29 is 35.9 Å². The number of pyridine rings is 1. The number of nitrogens with one attached hydrogen (secondary N) is 1. The van der Waals surface area contributed by atoms with E-state index in [1.807, 2.05) is 4.72 Å².